The monoisotopic (exact) mass is 265 g/mol. The maximum Gasteiger partial charge on any atom is 0.268 e. The van der Waals surface area contributed by atoms with Crippen LogP contribution in [0.1, 0.15) is 41.8 Å². The minimum Gasteiger partial charge on any atom is -0.467 e. The fourth-order valence-electron chi connectivity index (χ4n) is 2.02. The molecule has 1 saturated heterocycles. The van der Waals surface area contributed by atoms with E-state index in [1.165, 1.54) is 12.3 Å². The van der Waals surface area contributed by atoms with Gasteiger partial charge in [-0.3, -0.25) is 24.7 Å². The lowest BCUT2D eigenvalue weighted by molar-refractivity contribution is -0.144. The van der Waals surface area contributed by atoms with Crippen LogP contribution in [-0.4, -0.2) is 22.6 Å². The number of nitrogens with two attached hydrogens (primary N) is 1. The molecule has 0 aromatic carbocycles. The van der Waals surface area contributed by atoms with E-state index in [1.807, 2.05) is 5.43 Å². The number of hydrazine groups is 1. The Morgan fingerprint density at radius 1 is 1.32 bits per heavy atom. The smallest absolute Gasteiger partial charge is 0.268 e. The molecule has 0 unspecified atom stereocenters. The Morgan fingerprint density at radius 2 is 1.95 bits per heavy atom. The lowest BCUT2D eigenvalue weighted by Gasteiger charge is -2.17. The van der Waals surface area contributed by atoms with Gasteiger partial charge < -0.3 is 4.42 Å². The molecule has 0 spiro atoms. The SMILES string of the molecule is NNC(=O)c1ccoc1CN1C(=O)CCCCC1=O. The van der Waals surface area contributed by atoms with Crippen molar-refractivity contribution in [3.63, 3.8) is 0 Å². The summed E-state index contributed by atoms with van der Waals surface area (Å²) in [4.78, 5) is 36.3. The number of imide groups is 1. The molecule has 0 saturated carbocycles. The Labute approximate surface area is 109 Å². The lowest BCUT2D eigenvalue weighted by Crippen LogP contribution is -2.36. The van der Waals surface area contributed by atoms with Gasteiger partial charge in [-0.25, -0.2) is 5.84 Å². The van der Waals surface area contributed by atoms with Gasteiger partial charge in [0.1, 0.15) is 5.76 Å². The van der Waals surface area contributed by atoms with Gasteiger partial charge in [0, 0.05) is 12.8 Å². The molecule has 7 heteroatoms. The number of carbonyl (C=O) groups excluding carboxylic acids is 3. The Bertz CT molecular complexity index is 491. The van der Waals surface area contributed by atoms with Gasteiger partial charge in [0.15, 0.2) is 0 Å². The molecule has 1 aromatic rings. The third-order valence-electron chi connectivity index (χ3n) is 3.06. The van der Waals surface area contributed by atoms with Crippen molar-refractivity contribution in [2.24, 2.45) is 5.84 Å². The summed E-state index contributed by atoms with van der Waals surface area (Å²) in [5, 5.41) is 0. The van der Waals surface area contributed by atoms with Crippen LogP contribution in [0.4, 0.5) is 0 Å². The summed E-state index contributed by atoms with van der Waals surface area (Å²) in [6, 6.07) is 1.45. The van der Waals surface area contributed by atoms with Crippen molar-refractivity contribution in [1.82, 2.24) is 10.3 Å². The van der Waals surface area contributed by atoms with E-state index in [9.17, 15) is 14.4 Å². The van der Waals surface area contributed by atoms with Crippen molar-refractivity contribution in [1.29, 1.82) is 0 Å². The molecule has 0 atom stereocenters. The number of hydrogen-bond acceptors (Lipinski definition) is 5. The van der Waals surface area contributed by atoms with E-state index in [0.29, 0.717) is 25.7 Å². The van der Waals surface area contributed by atoms with Crippen molar-refractivity contribution in [3.05, 3.63) is 23.7 Å². The van der Waals surface area contributed by atoms with Crippen LogP contribution >= 0.6 is 0 Å². The summed E-state index contributed by atoms with van der Waals surface area (Å²) >= 11 is 0. The number of nitrogens with zero attached hydrogens (tertiary/aromatic N) is 1. The largest absolute Gasteiger partial charge is 0.467 e. The number of likely N-dealkylation sites (tertiary alicyclic amines) is 1. The highest BCUT2D eigenvalue weighted by molar-refractivity contribution is 5.97. The van der Waals surface area contributed by atoms with Crippen LogP contribution in [0, 0.1) is 0 Å². The summed E-state index contributed by atoms with van der Waals surface area (Å²) in [7, 11) is 0. The highest BCUT2D eigenvalue weighted by atomic mass is 16.3. The number of nitrogens with one attached hydrogen (secondary N) is 1. The number of furan rings is 1. The average Bonchev–Trinajstić information content (AvgIpc) is 2.81. The fourth-order valence-corrected chi connectivity index (χ4v) is 2.02. The number of rotatable bonds is 3. The van der Waals surface area contributed by atoms with Crippen LogP contribution in [0.15, 0.2) is 16.7 Å². The first-order valence-corrected chi connectivity index (χ1v) is 6.04. The Kier molecular flexibility index (Phi) is 3.96. The number of nitrogen functional groups attached to an aromatic ring is 1. The topological polar surface area (TPSA) is 106 Å². The predicted molar refractivity (Wildman–Crippen MR) is 64.4 cm³/mol. The van der Waals surface area contributed by atoms with Crippen LogP contribution in [0.5, 0.6) is 0 Å². The molecule has 7 nitrogen and oxygen atoms in total. The highest BCUT2D eigenvalue weighted by Crippen LogP contribution is 2.18. The second kappa shape index (κ2) is 5.66. The number of hydrogen-bond donors (Lipinski definition) is 2. The van der Waals surface area contributed by atoms with Gasteiger partial charge >= 0.3 is 0 Å². The molecular weight excluding hydrogens is 250 g/mol. The van der Waals surface area contributed by atoms with E-state index in [1.54, 1.807) is 0 Å². The van der Waals surface area contributed by atoms with Gasteiger partial charge in [-0.05, 0) is 18.9 Å². The Morgan fingerprint density at radius 3 is 2.53 bits per heavy atom. The molecule has 102 valence electrons. The first-order chi connectivity index (χ1) is 9.13. The molecule has 1 aliphatic rings. The van der Waals surface area contributed by atoms with Gasteiger partial charge in [0.05, 0.1) is 18.4 Å². The normalized spacial score (nSPS) is 16.4. The summed E-state index contributed by atoms with van der Waals surface area (Å²) in [5.41, 5.74) is 2.22. The van der Waals surface area contributed by atoms with E-state index >= 15 is 0 Å². The second-order valence-corrected chi connectivity index (χ2v) is 4.31. The van der Waals surface area contributed by atoms with Crippen molar-refractivity contribution < 1.29 is 18.8 Å². The average molecular weight is 265 g/mol. The molecule has 0 bridgehead atoms. The molecule has 3 N–H and O–H groups in total. The van der Waals surface area contributed by atoms with Gasteiger partial charge in [-0.1, -0.05) is 0 Å². The third-order valence-corrected chi connectivity index (χ3v) is 3.06. The third kappa shape index (κ3) is 2.82. The molecule has 0 radical (unpaired) electrons. The zero-order valence-electron chi connectivity index (χ0n) is 10.3. The summed E-state index contributed by atoms with van der Waals surface area (Å²) < 4.78 is 5.17. The second-order valence-electron chi connectivity index (χ2n) is 4.31. The van der Waals surface area contributed by atoms with Crippen molar-refractivity contribution in [2.75, 3.05) is 0 Å². The van der Waals surface area contributed by atoms with Gasteiger partial charge in [-0.2, -0.15) is 0 Å². The van der Waals surface area contributed by atoms with Crippen molar-refractivity contribution in [2.45, 2.75) is 32.2 Å². The molecule has 2 heterocycles. The fraction of sp³-hybridized carbons (Fsp3) is 0.417. The van der Waals surface area contributed by atoms with Crippen molar-refractivity contribution >= 4 is 17.7 Å². The molecule has 3 amide bonds. The number of amides is 3. The molecule has 1 aliphatic heterocycles. The number of carbonyl (C=O) groups is 3. The quantitative estimate of drug-likeness (QED) is 0.354. The molecular formula is C12H15N3O4. The molecule has 1 fully saturated rings. The summed E-state index contributed by atoms with van der Waals surface area (Å²) in [5.74, 6) is 4.32. The maximum atomic E-state index is 11.8. The molecule has 0 aliphatic carbocycles. The summed E-state index contributed by atoms with van der Waals surface area (Å²) in [6.07, 6.45) is 3.41. The zero-order valence-corrected chi connectivity index (χ0v) is 10.3. The standard InChI is InChI=1S/C12H15N3O4/c13-14-12(18)8-5-6-19-9(8)7-15-10(16)3-1-2-4-11(15)17/h5-6H,1-4,7,13H2,(H,14,18). The first-order valence-electron chi connectivity index (χ1n) is 6.04. The molecule has 1 aromatic heterocycles. The van der Waals surface area contributed by atoms with Crippen LogP contribution in [0.25, 0.3) is 0 Å². The van der Waals surface area contributed by atoms with Gasteiger partial charge in [0.2, 0.25) is 11.8 Å². The van der Waals surface area contributed by atoms with Crippen LogP contribution in [0.2, 0.25) is 0 Å². The highest BCUT2D eigenvalue weighted by Gasteiger charge is 2.27. The molecule has 19 heavy (non-hydrogen) atoms. The van der Waals surface area contributed by atoms with E-state index in [4.69, 9.17) is 10.3 Å². The van der Waals surface area contributed by atoms with Crippen LogP contribution in [-0.2, 0) is 16.1 Å². The van der Waals surface area contributed by atoms with Crippen LogP contribution in [0.3, 0.4) is 0 Å². The van der Waals surface area contributed by atoms with E-state index in [2.05, 4.69) is 0 Å². The van der Waals surface area contributed by atoms with E-state index < -0.39 is 5.91 Å². The minimum absolute atomic E-state index is 0.0343. The van der Waals surface area contributed by atoms with Gasteiger partial charge in [-0.15, -0.1) is 0 Å². The minimum atomic E-state index is -0.515. The lowest BCUT2D eigenvalue weighted by atomic mass is 10.2. The van der Waals surface area contributed by atoms with Gasteiger partial charge in [0.25, 0.3) is 5.91 Å². The zero-order chi connectivity index (χ0) is 13.8. The Balaban J connectivity index is 2.19. The summed E-state index contributed by atoms with van der Waals surface area (Å²) in [6.45, 7) is -0.0343. The Hall–Kier alpha value is -2.15. The maximum absolute atomic E-state index is 11.8. The van der Waals surface area contributed by atoms with Crippen molar-refractivity contribution in [3.8, 4) is 0 Å². The first kappa shape index (κ1) is 13.3. The predicted octanol–water partition coefficient (Wildman–Crippen LogP) is 0.312. The van der Waals surface area contributed by atoms with E-state index in [-0.39, 0.29) is 29.7 Å². The molecule has 2 rings (SSSR count). The van der Waals surface area contributed by atoms with Crippen LogP contribution < -0.4 is 11.3 Å². The van der Waals surface area contributed by atoms with E-state index in [0.717, 1.165) is 4.90 Å².